The van der Waals surface area contributed by atoms with Gasteiger partial charge in [0.25, 0.3) is 0 Å². The fraction of sp³-hybridized carbons (Fsp3) is 0.188. The standard InChI is InChI=1S/C16H17NO3/c1-16(15(18)19,17-13-6-4-3-5-7-13)12-8-10-14(20-2)11-9-12/h3-11,17H,1-2H3,(H,18,19). The number of nitrogens with one attached hydrogen (secondary N) is 1. The van der Waals surface area contributed by atoms with Crippen molar-refractivity contribution in [2.75, 3.05) is 12.4 Å². The van der Waals surface area contributed by atoms with Crippen LogP contribution in [0.15, 0.2) is 54.6 Å². The van der Waals surface area contributed by atoms with E-state index < -0.39 is 11.5 Å². The summed E-state index contributed by atoms with van der Waals surface area (Å²) in [5, 5.41) is 12.6. The normalized spacial score (nSPS) is 13.3. The molecular weight excluding hydrogens is 254 g/mol. The molecule has 4 heteroatoms. The van der Waals surface area contributed by atoms with Crippen LogP contribution in [-0.4, -0.2) is 18.2 Å². The second-order valence-corrected chi connectivity index (χ2v) is 4.65. The van der Waals surface area contributed by atoms with Crippen molar-refractivity contribution in [1.82, 2.24) is 0 Å². The molecule has 2 aromatic rings. The van der Waals surface area contributed by atoms with E-state index in [2.05, 4.69) is 5.32 Å². The zero-order valence-corrected chi connectivity index (χ0v) is 11.5. The summed E-state index contributed by atoms with van der Waals surface area (Å²) in [6.45, 7) is 1.64. The van der Waals surface area contributed by atoms with E-state index >= 15 is 0 Å². The summed E-state index contributed by atoms with van der Waals surface area (Å²) in [6.07, 6.45) is 0. The predicted molar refractivity (Wildman–Crippen MR) is 78.0 cm³/mol. The minimum atomic E-state index is -1.20. The van der Waals surface area contributed by atoms with Gasteiger partial charge in [0, 0.05) is 5.69 Å². The highest BCUT2D eigenvalue weighted by molar-refractivity contribution is 5.84. The number of rotatable bonds is 5. The van der Waals surface area contributed by atoms with Gasteiger partial charge in [-0.3, -0.25) is 0 Å². The molecule has 0 saturated carbocycles. The van der Waals surface area contributed by atoms with Crippen molar-refractivity contribution >= 4 is 11.7 Å². The second kappa shape index (κ2) is 5.65. The first-order valence-electron chi connectivity index (χ1n) is 6.27. The molecule has 1 unspecified atom stereocenters. The van der Waals surface area contributed by atoms with Crippen molar-refractivity contribution in [3.63, 3.8) is 0 Å². The highest BCUT2D eigenvalue weighted by Gasteiger charge is 2.35. The lowest BCUT2D eigenvalue weighted by atomic mass is 9.91. The molecule has 1 atom stereocenters. The topological polar surface area (TPSA) is 58.6 Å². The molecule has 4 nitrogen and oxygen atoms in total. The molecule has 0 heterocycles. The minimum Gasteiger partial charge on any atom is -0.497 e. The van der Waals surface area contributed by atoms with Gasteiger partial charge in [-0.2, -0.15) is 0 Å². The number of benzene rings is 2. The van der Waals surface area contributed by atoms with Crippen LogP contribution < -0.4 is 10.1 Å². The van der Waals surface area contributed by atoms with Gasteiger partial charge < -0.3 is 15.2 Å². The molecule has 0 aliphatic heterocycles. The summed E-state index contributed by atoms with van der Waals surface area (Å²) in [7, 11) is 1.58. The molecule has 0 aliphatic carbocycles. The number of carbonyl (C=O) groups is 1. The number of hydrogen-bond acceptors (Lipinski definition) is 3. The average molecular weight is 271 g/mol. The Labute approximate surface area is 118 Å². The Balaban J connectivity index is 2.35. The first kappa shape index (κ1) is 13.9. The number of hydrogen-bond donors (Lipinski definition) is 2. The van der Waals surface area contributed by atoms with Gasteiger partial charge in [-0.1, -0.05) is 30.3 Å². The smallest absolute Gasteiger partial charge is 0.333 e. The highest BCUT2D eigenvalue weighted by Crippen LogP contribution is 2.28. The Morgan fingerprint density at radius 2 is 1.70 bits per heavy atom. The lowest BCUT2D eigenvalue weighted by molar-refractivity contribution is -0.142. The van der Waals surface area contributed by atoms with Crippen LogP contribution in [0.5, 0.6) is 5.75 Å². The van der Waals surface area contributed by atoms with E-state index in [4.69, 9.17) is 4.74 Å². The molecule has 2 N–H and O–H groups in total. The average Bonchev–Trinajstić information content (AvgIpc) is 2.48. The molecule has 20 heavy (non-hydrogen) atoms. The van der Waals surface area contributed by atoms with Crippen LogP contribution >= 0.6 is 0 Å². The zero-order valence-electron chi connectivity index (χ0n) is 11.5. The van der Waals surface area contributed by atoms with Crippen LogP contribution in [0.4, 0.5) is 5.69 Å². The zero-order chi connectivity index (χ0) is 14.6. The number of ether oxygens (including phenoxy) is 1. The summed E-state index contributed by atoms with van der Waals surface area (Å²) < 4.78 is 5.09. The summed E-state index contributed by atoms with van der Waals surface area (Å²) in [5.41, 5.74) is 0.219. The molecule has 0 bridgehead atoms. The van der Waals surface area contributed by atoms with Crippen LogP contribution in [0, 0.1) is 0 Å². The molecule has 0 fully saturated rings. The van der Waals surface area contributed by atoms with Gasteiger partial charge >= 0.3 is 5.97 Å². The van der Waals surface area contributed by atoms with E-state index in [-0.39, 0.29) is 0 Å². The van der Waals surface area contributed by atoms with Gasteiger partial charge in [-0.25, -0.2) is 4.79 Å². The SMILES string of the molecule is COc1ccc(C(C)(Nc2ccccc2)C(=O)O)cc1. The molecule has 0 amide bonds. The maximum absolute atomic E-state index is 11.7. The van der Waals surface area contributed by atoms with E-state index in [1.54, 1.807) is 38.3 Å². The third-order valence-electron chi connectivity index (χ3n) is 3.26. The Kier molecular flexibility index (Phi) is 3.94. The van der Waals surface area contributed by atoms with Gasteiger partial charge in [-0.15, -0.1) is 0 Å². The van der Waals surface area contributed by atoms with Gasteiger partial charge in [0.05, 0.1) is 7.11 Å². The van der Waals surface area contributed by atoms with E-state index in [9.17, 15) is 9.90 Å². The Hall–Kier alpha value is -2.49. The van der Waals surface area contributed by atoms with Crippen molar-refractivity contribution in [3.05, 3.63) is 60.2 Å². The van der Waals surface area contributed by atoms with Gasteiger partial charge in [0.2, 0.25) is 0 Å². The molecule has 0 aliphatic rings. The van der Waals surface area contributed by atoms with Crippen LogP contribution in [0.3, 0.4) is 0 Å². The predicted octanol–water partition coefficient (Wildman–Crippen LogP) is 3.11. The summed E-state index contributed by atoms with van der Waals surface area (Å²) in [6, 6.07) is 16.3. The maximum atomic E-state index is 11.7. The number of para-hydroxylation sites is 1. The third kappa shape index (κ3) is 2.74. The van der Waals surface area contributed by atoms with Crippen LogP contribution in [0.25, 0.3) is 0 Å². The number of carboxylic acid groups (broad SMARTS) is 1. The third-order valence-corrected chi connectivity index (χ3v) is 3.26. The van der Waals surface area contributed by atoms with Gasteiger partial charge in [-0.05, 0) is 36.8 Å². The van der Waals surface area contributed by atoms with Crippen molar-refractivity contribution in [2.45, 2.75) is 12.5 Å². The monoisotopic (exact) mass is 271 g/mol. The Morgan fingerprint density at radius 3 is 2.20 bits per heavy atom. The van der Waals surface area contributed by atoms with Gasteiger partial charge in [0.15, 0.2) is 5.54 Å². The van der Waals surface area contributed by atoms with Crippen LogP contribution in [0.1, 0.15) is 12.5 Å². The molecule has 0 saturated heterocycles. The van der Waals surface area contributed by atoms with E-state index in [0.717, 1.165) is 5.69 Å². The first-order valence-corrected chi connectivity index (χ1v) is 6.27. The molecule has 0 aromatic heterocycles. The number of anilines is 1. The van der Waals surface area contributed by atoms with Crippen molar-refractivity contribution in [1.29, 1.82) is 0 Å². The Morgan fingerprint density at radius 1 is 1.10 bits per heavy atom. The quantitative estimate of drug-likeness (QED) is 0.877. The van der Waals surface area contributed by atoms with E-state index in [1.165, 1.54) is 0 Å². The lowest BCUT2D eigenvalue weighted by Crippen LogP contribution is -2.40. The molecule has 104 valence electrons. The lowest BCUT2D eigenvalue weighted by Gasteiger charge is -2.28. The summed E-state index contributed by atoms with van der Waals surface area (Å²) in [5.74, 6) is -0.243. The summed E-state index contributed by atoms with van der Waals surface area (Å²) >= 11 is 0. The van der Waals surface area contributed by atoms with Gasteiger partial charge in [0.1, 0.15) is 5.75 Å². The number of methoxy groups -OCH3 is 1. The molecule has 2 rings (SSSR count). The molecule has 2 aromatic carbocycles. The minimum absolute atomic E-state index is 0.662. The van der Waals surface area contributed by atoms with E-state index in [0.29, 0.717) is 11.3 Å². The number of aliphatic carboxylic acids is 1. The maximum Gasteiger partial charge on any atom is 0.333 e. The Bertz CT molecular complexity index is 580. The fourth-order valence-corrected chi connectivity index (χ4v) is 1.98. The first-order chi connectivity index (χ1) is 9.56. The van der Waals surface area contributed by atoms with E-state index in [1.807, 2.05) is 30.3 Å². The molecule has 0 radical (unpaired) electrons. The summed E-state index contributed by atoms with van der Waals surface area (Å²) in [4.78, 5) is 11.7. The van der Waals surface area contributed by atoms with Crippen molar-refractivity contribution in [2.24, 2.45) is 0 Å². The van der Waals surface area contributed by atoms with Crippen molar-refractivity contribution < 1.29 is 14.6 Å². The molecule has 0 spiro atoms. The molecular formula is C16H17NO3. The van der Waals surface area contributed by atoms with Crippen LogP contribution in [0.2, 0.25) is 0 Å². The highest BCUT2D eigenvalue weighted by atomic mass is 16.5. The second-order valence-electron chi connectivity index (χ2n) is 4.65. The largest absolute Gasteiger partial charge is 0.497 e. The fourth-order valence-electron chi connectivity index (χ4n) is 1.98. The number of carboxylic acids is 1. The van der Waals surface area contributed by atoms with Crippen molar-refractivity contribution in [3.8, 4) is 5.75 Å². The van der Waals surface area contributed by atoms with Crippen LogP contribution in [-0.2, 0) is 10.3 Å².